The second-order valence-electron chi connectivity index (χ2n) is 2.89. The first kappa shape index (κ1) is 11.0. The zero-order chi connectivity index (χ0) is 10.7. The maximum atomic E-state index is 11.5. The molecule has 0 saturated carbocycles. The first-order chi connectivity index (χ1) is 6.57. The summed E-state index contributed by atoms with van der Waals surface area (Å²) in [5.41, 5.74) is 1.34. The van der Waals surface area contributed by atoms with E-state index in [0.717, 1.165) is 10.2 Å². The molecule has 0 aliphatic carbocycles. The van der Waals surface area contributed by atoms with Gasteiger partial charge in [-0.1, -0.05) is 5.92 Å². The predicted octanol–water partition coefficient (Wildman–Crippen LogP) is 1.65. The monoisotopic (exact) mass is 254 g/mol. The van der Waals surface area contributed by atoms with Crippen molar-refractivity contribution in [2.24, 2.45) is 0 Å². The number of aromatic nitrogens is 2. The molecule has 0 N–H and O–H groups in total. The van der Waals surface area contributed by atoms with E-state index in [2.05, 4.69) is 32.8 Å². The van der Waals surface area contributed by atoms with Crippen molar-refractivity contribution in [1.82, 2.24) is 9.55 Å². The van der Waals surface area contributed by atoms with Gasteiger partial charge < -0.3 is 0 Å². The standard InChI is InChI=1S/C10H11BrN2O/c1-4-5-6-13-8(3)9(11)7(2)12-10(13)14/h6H2,1-3H3. The molecular formula is C10H11BrN2O. The van der Waals surface area contributed by atoms with Crippen LogP contribution in [-0.2, 0) is 6.54 Å². The molecule has 14 heavy (non-hydrogen) atoms. The number of hydrogen-bond donors (Lipinski definition) is 0. The molecule has 0 spiro atoms. The van der Waals surface area contributed by atoms with Crippen molar-refractivity contribution >= 4 is 15.9 Å². The number of aryl methyl sites for hydroxylation is 1. The summed E-state index contributed by atoms with van der Waals surface area (Å²) in [5, 5.41) is 0. The third-order valence-corrected chi connectivity index (χ3v) is 3.10. The molecule has 3 nitrogen and oxygen atoms in total. The summed E-state index contributed by atoms with van der Waals surface area (Å²) in [4.78, 5) is 15.4. The Bertz CT molecular complexity index is 465. The van der Waals surface area contributed by atoms with Crippen molar-refractivity contribution in [3.05, 3.63) is 26.3 Å². The minimum Gasteiger partial charge on any atom is -0.284 e. The van der Waals surface area contributed by atoms with Crippen LogP contribution in [0.2, 0.25) is 0 Å². The molecular weight excluding hydrogens is 244 g/mol. The minimum absolute atomic E-state index is 0.244. The Kier molecular flexibility index (Phi) is 3.48. The molecule has 0 unspecified atom stereocenters. The largest absolute Gasteiger partial charge is 0.348 e. The van der Waals surface area contributed by atoms with E-state index in [0.29, 0.717) is 12.2 Å². The van der Waals surface area contributed by atoms with Gasteiger partial charge in [-0.2, -0.15) is 4.98 Å². The van der Waals surface area contributed by atoms with Crippen LogP contribution in [0.15, 0.2) is 9.27 Å². The Morgan fingerprint density at radius 2 is 2.14 bits per heavy atom. The van der Waals surface area contributed by atoms with Crippen LogP contribution in [0.3, 0.4) is 0 Å². The lowest BCUT2D eigenvalue weighted by atomic mass is 10.3. The average molecular weight is 255 g/mol. The quantitative estimate of drug-likeness (QED) is 0.715. The van der Waals surface area contributed by atoms with Crippen LogP contribution in [0.25, 0.3) is 0 Å². The molecule has 74 valence electrons. The predicted molar refractivity (Wildman–Crippen MR) is 59.1 cm³/mol. The van der Waals surface area contributed by atoms with Crippen molar-refractivity contribution in [1.29, 1.82) is 0 Å². The fourth-order valence-electron chi connectivity index (χ4n) is 1.12. The summed E-state index contributed by atoms with van der Waals surface area (Å²) in [6.45, 7) is 5.82. The lowest BCUT2D eigenvalue weighted by Crippen LogP contribution is -2.26. The van der Waals surface area contributed by atoms with E-state index in [-0.39, 0.29) is 5.69 Å². The van der Waals surface area contributed by atoms with Crippen LogP contribution in [0.4, 0.5) is 0 Å². The molecule has 0 aliphatic rings. The fourth-order valence-corrected chi connectivity index (χ4v) is 1.42. The van der Waals surface area contributed by atoms with E-state index in [1.54, 1.807) is 18.4 Å². The van der Waals surface area contributed by atoms with Crippen LogP contribution in [0, 0.1) is 25.7 Å². The van der Waals surface area contributed by atoms with E-state index >= 15 is 0 Å². The van der Waals surface area contributed by atoms with Crippen molar-refractivity contribution in [2.75, 3.05) is 0 Å². The summed E-state index contributed by atoms with van der Waals surface area (Å²) >= 11 is 3.39. The third kappa shape index (κ3) is 2.05. The maximum Gasteiger partial charge on any atom is 0.348 e. The molecule has 0 atom stereocenters. The Morgan fingerprint density at radius 3 is 2.71 bits per heavy atom. The number of rotatable bonds is 1. The topological polar surface area (TPSA) is 34.9 Å². The van der Waals surface area contributed by atoms with Gasteiger partial charge in [-0.25, -0.2) is 4.79 Å². The molecule has 1 aromatic heterocycles. The van der Waals surface area contributed by atoms with Gasteiger partial charge in [0, 0.05) is 5.69 Å². The molecule has 1 rings (SSSR count). The SMILES string of the molecule is CC#CCn1c(C)c(Br)c(C)nc1=O. The minimum atomic E-state index is -0.244. The lowest BCUT2D eigenvalue weighted by molar-refractivity contribution is 0.713. The smallest absolute Gasteiger partial charge is 0.284 e. The highest BCUT2D eigenvalue weighted by atomic mass is 79.9. The third-order valence-electron chi connectivity index (χ3n) is 1.95. The van der Waals surface area contributed by atoms with E-state index in [1.165, 1.54) is 0 Å². The summed E-state index contributed by atoms with van der Waals surface area (Å²) in [7, 11) is 0. The Labute approximate surface area is 91.3 Å². The Morgan fingerprint density at radius 1 is 1.50 bits per heavy atom. The molecule has 1 heterocycles. The maximum absolute atomic E-state index is 11.5. The van der Waals surface area contributed by atoms with Crippen molar-refractivity contribution in [2.45, 2.75) is 27.3 Å². The van der Waals surface area contributed by atoms with Crippen LogP contribution in [0.1, 0.15) is 18.3 Å². The van der Waals surface area contributed by atoms with Gasteiger partial charge in [0.15, 0.2) is 0 Å². The van der Waals surface area contributed by atoms with E-state index in [9.17, 15) is 4.79 Å². The highest BCUT2D eigenvalue weighted by molar-refractivity contribution is 9.10. The second kappa shape index (κ2) is 4.43. The molecule has 0 aromatic carbocycles. The normalized spacial score (nSPS) is 9.43. The van der Waals surface area contributed by atoms with E-state index in [4.69, 9.17) is 0 Å². The lowest BCUT2D eigenvalue weighted by Gasteiger charge is -2.08. The van der Waals surface area contributed by atoms with Crippen LogP contribution in [-0.4, -0.2) is 9.55 Å². The highest BCUT2D eigenvalue weighted by Gasteiger charge is 2.07. The van der Waals surface area contributed by atoms with Gasteiger partial charge in [-0.05, 0) is 36.7 Å². The second-order valence-corrected chi connectivity index (χ2v) is 3.69. The zero-order valence-electron chi connectivity index (χ0n) is 8.39. The van der Waals surface area contributed by atoms with Gasteiger partial charge in [0.2, 0.25) is 0 Å². The summed E-state index contributed by atoms with van der Waals surface area (Å²) in [5.74, 6) is 5.60. The summed E-state index contributed by atoms with van der Waals surface area (Å²) in [6.07, 6.45) is 0. The first-order valence-corrected chi connectivity index (χ1v) is 5.00. The molecule has 0 radical (unpaired) electrons. The van der Waals surface area contributed by atoms with Crippen LogP contribution >= 0.6 is 15.9 Å². The highest BCUT2D eigenvalue weighted by Crippen LogP contribution is 2.16. The fraction of sp³-hybridized carbons (Fsp3) is 0.400. The molecule has 0 saturated heterocycles. The van der Waals surface area contributed by atoms with Gasteiger partial charge >= 0.3 is 5.69 Å². The first-order valence-electron chi connectivity index (χ1n) is 4.21. The molecule has 0 bridgehead atoms. The van der Waals surface area contributed by atoms with Gasteiger partial charge in [-0.3, -0.25) is 4.57 Å². The Hall–Kier alpha value is -1.08. The molecule has 0 fully saturated rings. The molecule has 1 aromatic rings. The van der Waals surface area contributed by atoms with Crippen LogP contribution in [0.5, 0.6) is 0 Å². The van der Waals surface area contributed by atoms with Gasteiger partial charge in [0.1, 0.15) is 0 Å². The van der Waals surface area contributed by atoms with Crippen LogP contribution < -0.4 is 5.69 Å². The number of nitrogens with zero attached hydrogens (tertiary/aromatic N) is 2. The van der Waals surface area contributed by atoms with Gasteiger partial charge in [-0.15, -0.1) is 5.92 Å². The van der Waals surface area contributed by atoms with Gasteiger partial charge in [0.25, 0.3) is 0 Å². The average Bonchev–Trinajstić information content (AvgIpc) is 2.14. The molecule has 4 heteroatoms. The zero-order valence-corrected chi connectivity index (χ0v) is 9.97. The van der Waals surface area contributed by atoms with E-state index in [1.807, 2.05) is 6.92 Å². The van der Waals surface area contributed by atoms with E-state index < -0.39 is 0 Å². The number of hydrogen-bond acceptors (Lipinski definition) is 2. The van der Waals surface area contributed by atoms with Crippen molar-refractivity contribution in [3.63, 3.8) is 0 Å². The summed E-state index contributed by atoms with van der Waals surface area (Å²) in [6, 6.07) is 0. The molecule has 0 amide bonds. The van der Waals surface area contributed by atoms with Gasteiger partial charge in [0.05, 0.1) is 16.7 Å². The molecule has 0 aliphatic heterocycles. The summed E-state index contributed by atoms with van der Waals surface area (Å²) < 4.78 is 2.42. The van der Waals surface area contributed by atoms with Crippen molar-refractivity contribution in [3.8, 4) is 11.8 Å². The van der Waals surface area contributed by atoms with Crippen molar-refractivity contribution < 1.29 is 0 Å². The Balaban J connectivity index is 3.34. The number of halogens is 1.